The number of amides is 3. The van der Waals surface area contributed by atoms with Gasteiger partial charge >= 0.3 is 0 Å². The molecule has 1 atom stereocenters. The van der Waals surface area contributed by atoms with Gasteiger partial charge in [-0.3, -0.25) is 14.4 Å². The zero-order chi connectivity index (χ0) is 23.2. The monoisotopic (exact) mass is 473 g/mol. The molecular weight excluding hydrogens is 438 g/mol. The molecule has 0 unspecified atom stereocenters. The molecule has 8 nitrogen and oxygen atoms in total. The Morgan fingerprint density at radius 1 is 1.06 bits per heavy atom. The number of carbonyl (C=O) groups excluding carboxylic acids is 3. The Morgan fingerprint density at radius 3 is 2.45 bits per heavy atom. The van der Waals surface area contributed by atoms with Crippen molar-refractivity contribution in [2.24, 2.45) is 0 Å². The third-order valence-electron chi connectivity index (χ3n) is 6.66. The predicted molar refractivity (Wildman–Crippen MR) is 130 cm³/mol. The van der Waals surface area contributed by atoms with Crippen molar-refractivity contribution in [2.75, 3.05) is 64.0 Å². The van der Waals surface area contributed by atoms with Crippen molar-refractivity contribution >= 4 is 29.5 Å². The van der Waals surface area contributed by atoms with Crippen molar-refractivity contribution in [3.05, 3.63) is 35.4 Å². The highest BCUT2D eigenvalue weighted by Gasteiger charge is 2.42. The lowest BCUT2D eigenvalue weighted by atomic mass is 10.1. The van der Waals surface area contributed by atoms with Gasteiger partial charge in [0.05, 0.1) is 5.88 Å². The topological polar surface area (TPSA) is 76.2 Å². The van der Waals surface area contributed by atoms with E-state index in [4.69, 9.17) is 0 Å². The van der Waals surface area contributed by atoms with Crippen LogP contribution in [0.5, 0.6) is 0 Å². The van der Waals surface area contributed by atoms with E-state index in [2.05, 4.69) is 22.0 Å². The molecule has 0 saturated carbocycles. The van der Waals surface area contributed by atoms with Crippen LogP contribution < -0.4 is 5.32 Å². The first kappa shape index (κ1) is 24.0. The second-order valence-corrected chi connectivity index (χ2v) is 10.1. The number of fused-ring (bicyclic) bond motifs is 1. The van der Waals surface area contributed by atoms with Crippen LogP contribution >= 0.6 is 11.8 Å². The van der Waals surface area contributed by atoms with E-state index in [0.717, 1.165) is 44.7 Å². The van der Waals surface area contributed by atoms with Crippen LogP contribution in [0.25, 0.3) is 0 Å². The Bertz CT molecular complexity index is 841. The highest BCUT2D eigenvalue weighted by Crippen LogP contribution is 2.26. The van der Waals surface area contributed by atoms with Gasteiger partial charge in [0, 0.05) is 50.6 Å². The number of carbonyl (C=O) groups is 3. The first-order chi connectivity index (χ1) is 16.0. The van der Waals surface area contributed by atoms with Gasteiger partial charge in [0.25, 0.3) is 5.91 Å². The first-order valence-corrected chi connectivity index (χ1v) is 13.2. The number of piperazine rings is 2. The van der Waals surface area contributed by atoms with Crippen LogP contribution in [0.1, 0.15) is 35.7 Å². The second kappa shape index (κ2) is 11.4. The molecule has 180 valence electrons. The molecular formula is C24H35N5O3S. The molecule has 3 amide bonds. The first-order valence-electron chi connectivity index (χ1n) is 12.0. The molecule has 3 aliphatic rings. The molecule has 9 heteroatoms. The zero-order valence-corrected chi connectivity index (χ0v) is 20.3. The van der Waals surface area contributed by atoms with Crippen LogP contribution in [0.2, 0.25) is 0 Å². The summed E-state index contributed by atoms with van der Waals surface area (Å²) in [6.07, 6.45) is 2.15. The molecule has 4 rings (SSSR count). The van der Waals surface area contributed by atoms with Crippen molar-refractivity contribution in [1.29, 1.82) is 0 Å². The number of benzene rings is 1. The molecule has 3 heterocycles. The molecule has 0 radical (unpaired) electrons. The molecule has 1 aromatic rings. The summed E-state index contributed by atoms with van der Waals surface area (Å²) in [5.41, 5.74) is 1.54. The van der Waals surface area contributed by atoms with E-state index in [9.17, 15) is 14.4 Å². The molecule has 0 bridgehead atoms. The number of hydrogen-bond acceptors (Lipinski definition) is 6. The van der Waals surface area contributed by atoms with E-state index in [1.54, 1.807) is 33.7 Å². The van der Waals surface area contributed by atoms with Crippen LogP contribution in [0.4, 0.5) is 0 Å². The van der Waals surface area contributed by atoms with E-state index in [0.29, 0.717) is 30.3 Å². The Hall–Kier alpha value is -2.10. The summed E-state index contributed by atoms with van der Waals surface area (Å²) in [6, 6.07) is 7.02. The molecule has 3 fully saturated rings. The summed E-state index contributed by atoms with van der Waals surface area (Å²) in [6.45, 7) is 10.1. The highest BCUT2D eigenvalue weighted by atomic mass is 32.2. The summed E-state index contributed by atoms with van der Waals surface area (Å²) < 4.78 is 0. The third kappa shape index (κ3) is 6.07. The summed E-state index contributed by atoms with van der Waals surface area (Å²) in [7, 11) is 0. The molecule has 1 N–H and O–H groups in total. The lowest BCUT2D eigenvalue weighted by molar-refractivity contribution is -0.153. The Morgan fingerprint density at radius 2 is 1.76 bits per heavy atom. The minimum absolute atomic E-state index is 0.0171. The van der Waals surface area contributed by atoms with E-state index in [1.807, 2.05) is 12.1 Å². The van der Waals surface area contributed by atoms with Gasteiger partial charge in [-0.2, -0.15) is 0 Å². The van der Waals surface area contributed by atoms with Crippen molar-refractivity contribution in [2.45, 2.75) is 32.4 Å². The van der Waals surface area contributed by atoms with Crippen molar-refractivity contribution in [3.8, 4) is 0 Å². The fourth-order valence-corrected chi connectivity index (χ4v) is 5.88. The quantitative estimate of drug-likeness (QED) is 0.541. The SMILES string of the molecule is CCCN1CCN(CCCNC(=O)c2ccc(CN3CC(=O)N4CSC[C@H]4C3=O)cc2)CC1. The van der Waals surface area contributed by atoms with Gasteiger partial charge in [-0.05, 0) is 43.6 Å². The maximum Gasteiger partial charge on any atom is 0.251 e. The lowest BCUT2D eigenvalue weighted by Gasteiger charge is -2.35. The smallest absolute Gasteiger partial charge is 0.251 e. The fourth-order valence-electron chi connectivity index (χ4n) is 4.71. The average molecular weight is 474 g/mol. The molecule has 1 aromatic carbocycles. The average Bonchev–Trinajstić information content (AvgIpc) is 3.33. The van der Waals surface area contributed by atoms with Gasteiger partial charge < -0.3 is 24.9 Å². The van der Waals surface area contributed by atoms with Crippen molar-refractivity contribution in [1.82, 2.24) is 24.9 Å². The van der Waals surface area contributed by atoms with E-state index in [1.165, 1.54) is 13.0 Å². The lowest BCUT2D eigenvalue weighted by Crippen LogP contribution is -2.57. The minimum atomic E-state index is -0.318. The number of nitrogens with one attached hydrogen (secondary N) is 1. The maximum absolute atomic E-state index is 12.7. The van der Waals surface area contributed by atoms with Gasteiger partial charge in [-0.1, -0.05) is 19.1 Å². The predicted octanol–water partition coefficient (Wildman–Crippen LogP) is 1.08. The van der Waals surface area contributed by atoms with E-state index < -0.39 is 0 Å². The number of hydrogen-bond donors (Lipinski definition) is 1. The standard InChI is InChI=1S/C24H35N5O3S/c1-2-9-26-11-13-27(14-12-26)10-3-8-25-23(31)20-6-4-19(5-7-20)15-28-16-22(30)29-18-33-17-21(29)24(28)32/h4-7,21H,2-3,8-18H2,1H3,(H,25,31)/t21-/m0/s1. The van der Waals surface area contributed by atoms with E-state index >= 15 is 0 Å². The molecule has 3 saturated heterocycles. The van der Waals surface area contributed by atoms with Gasteiger partial charge in [-0.25, -0.2) is 0 Å². The Kier molecular flexibility index (Phi) is 8.27. The van der Waals surface area contributed by atoms with Gasteiger partial charge in [0.15, 0.2) is 0 Å². The highest BCUT2D eigenvalue weighted by molar-refractivity contribution is 7.99. The van der Waals surface area contributed by atoms with Crippen LogP contribution in [0, 0.1) is 0 Å². The van der Waals surface area contributed by atoms with Gasteiger partial charge in [0.2, 0.25) is 11.8 Å². The molecule has 0 aromatic heterocycles. The van der Waals surface area contributed by atoms with E-state index in [-0.39, 0.29) is 30.3 Å². The Balaban J connectivity index is 1.18. The van der Waals surface area contributed by atoms with Crippen LogP contribution in [0.3, 0.4) is 0 Å². The van der Waals surface area contributed by atoms with Crippen molar-refractivity contribution < 1.29 is 14.4 Å². The summed E-state index contributed by atoms with van der Waals surface area (Å²) in [5, 5.41) is 3.01. The molecule has 33 heavy (non-hydrogen) atoms. The summed E-state index contributed by atoms with van der Waals surface area (Å²) in [4.78, 5) is 45.8. The number of rotatable bonds is 9. The molecule has 3 aliphatic heterocycles. The zero-order valence-electron chi connectivity index (χ0n) is 19.5. The number of nitrogens with zero attached hydrogens (tertiary/aromatic N) is 4. The summed E-state index contributed by atoms with van der Waals surface area (Å²) >= 11 is 1.63. The van der Waals surface area contributed by atoms with Gasteiger partial charge in [0.1, 0.15) is 12.6 Å². The van der Waals surface area contributed by atoms with Crippen LogP contribution in [-0.2, 0) is 16.1 Å². The Labute approximate surface area is 200 Å². The largest absolute Gasteiger partial charge is 0.352 e. The molecule has 0 aliphatic carbocycles. The minimum Gasteiger partial charge on any atom is -0.352 e. The summed E-state index contributed by atoms with van der Waals surface area (Å²) in [5.74, 6) is 1.26. The normalized spacial score (nSPS) is 22.0. The third-order valence-corrected chi connectivity index (χ3v) is 7.67. The fraction of sp³-hybridized carbons (Fsp3) is 0.625. The second-order valence-electron chi connectivity index (χ2n) is 9.06. The molecule has 0 spiro atoms. The van der Waals surface area contributed by atoms with Crippen molar-refractivity contribution in [3.63, 3.8) is 0 Å². The van der Waals surface area contributed by atoms with Crippen LogP contribution in [-0.4, -0.2) is 107 Å². The van der Waals surface area contributed by atoms with Crippen LogP contribution in [0.15, 0.2) is 24.3 Å². The maximum atomic E-state index is 12.7. The van der Waals surface area contributed by atoms with Gasteiger partial charge in [-0.15, -0.1) is 11.8 Å². The number of thioether (sulfide) groups is 1.